The largest absolute Gasteiger partial charge is 0.478 e. The summed E-state index contributed by atoms with van der Waals surface area (Å²) in [4.78, 5) is 37.4. The Bertz CT molecular complexity index is 455. The number of carbonyl (C=O) groups excluding carboxylic acids is 2. The average Bonchev–Trinajstić information content (AvgIpc) is 2.59. The highest BCUT2D eigenvalue weighted by atomic mass is 16.4. The van der Waals surface area contributed by atoms with Gasteiger partial charge in [-0.1, -0.05) is 6.58 Å². The molecule has 6 nitrogen and oxygen atoms in total. The van der Waals surface area contributed by atoms with Gasteiger partial charge < -0.3 is 5.11 Å². The zero-order chi connectivity index (χ0) is 17.8. The minimum Gasteiger partial charge on any atom is -0.478 e. The number of rotatable bonds is 5. The van der Waals surface area contributed by atoms with E-state index in [0.717, 1.165) is 43.6 Å². The Hall–Kier alpha value is -2.03. The van der Waals surface area contributed by atoms with E-state index in [-0.39, 0.29) is 12.1 Å². The first-order valence-electron chi connectivity index (χ1n) is 8.58. The smallest absolute Gasteiger partial charge is 0.327 e. The Morgan fingerprint density at radius 2 is 1.25 bits per heavy atom. The van der Waals surface area contributed by atoms with E-state index in [1.165, 1.54) is 32.1 Å². The molecular formula is C18H26N2O4. The molecule has 6 heteroatoms. The molecule has 0 aliphatic heterocycles. The fourth-order valence-electron chi connectivity index (χ4n) is 3.64. The monoisotopic (exact) mass is 334 g/mol. The highest BCUT2D eigenvalue weighted by molar-refractivity contribution is 5.78. The summed E-state index contributed by atoms with van der Waals surface area (Å²) in [6.07, 6.45) is 14.5. The van der Waals surface area contributed by atoms with Crippen molar-refractivity contribution in [3.05, 3.63) is 12.7 Å². The molecule has 2 fully saturated rings. The molecule has 1 N–H and O–H groups in total. The van der Waals surface area contributed by atoms with E-state index in [4.69, 9.17) is 5.11 Å². The Morgan fingerprint density at radius 1 is 0.917 bits per heavy atom. The number of aliphatic imine (C=N–C) groups is 2. The van der Waals surface area contributed by atoms with Crippen LogP contribution >= 0.6 is 0 Å². The van der Waals surface area contributed by atoms with Gasteiger partial charge in [-0.15, -0.1) is 0 Å². The van der Waals surface area contributed by atoms with E-state index in [2.05, 4.69) is 16.6 Å². The molecule has 2 aliphatic rings. The van der Waals surface area contributed by atoms with Crippen molar-refractivity contribution < 1.29 is 19.5 Å². The van der Waals surface area contributed by atoms with Gasteiger partial charge in [0.1, 0.15) is 0 Å². The predicted molar refractivity (Wildman–Crippen MR) is 90.2 cm³/mol. The highest BCUT2D eigenvalue weighted by Gasteiger charge is 2.26. The number of aliphatic carboxylic acids is 1. The number of nitrogens with zero attached hydrogens (tertiary/aromatic N) is 2. The lowest BCUT2D eigenvalue weighted by molar-refractivity contribution is -0.131. The minimum atomic E-state index is -0.981. The Balaban J connectivity index is 0.000000505. The maximum absolute atomic E-state index is 10.2. The topological polar surface area (TPSA) is 96.2 Å². The molecule has 24 heavy (non-hydrogen) atoms. The quantitative estimate of drug-likeness (QED) is 0.473. The molecule has 0 saturated heterocycles. The van der Waals surface area contributed by atoms with Crippen molar-refractivity contribution in [3.63, 3.8) is 0 Å². The first-order valence-corrected chi connectivity index (χ1v) is 8.58. The van der Waals surface area contributed by atoms with Crippen molar-refractivity contribution in [2.45, 2.75) is 69.9 Å². The van der Waals surface area contributed by atoms with Gasteiger partial charge in [0.2, 0.25) is 12.2 Å². The predicted octanol–water partition coefficient (Wildman–Crippen LogP) is 3.42. The standard InChI is InChI=1S/C15H22N2O2.C3H4O2/c18-10-16-14-5-1-12(2-6-14)9-13-3-7-15(8-4-13)17-11-19;1-2-3(4)5/h12-15H,1-9H2;2H,1H2,(H,4,5). The summed E-state index contributed by atoms with van der Waals surface area (Å²) in [7, 11) is 0. The molecule has 132 valence electrons. The fourth-order valence-corrected chi connectivity index (χ4v) is 3.64. The Labute approximate surface area is 142 Å². The molecule has 0 radical (unpaired) electrons. The van der Waals surface area contributed by atoms with E-state index in [1.807, 2.05) is 0 Å². The third-order valence-electron chi connectivity index (χ3n) is 4.94. The van der Waals surface area contributed by atoms with Crippen molar-refractivity contribution in [1.29, 1.82) is 0 Å². The van der Waals surface area contributed by atoms with E-state index in [0.29, 0.717) is 0 Å². The van der Waals surface area contributed by atoms with Crippen LogP contribution in [0.3, 0.4) is 0 Å². The van der Waals surface area contributed by atoms with Crippen LogP contribution in [0.2, 0.25) is 0 Å². The van der Waals surface area contributed by atoms with Gasteiger partial charge in [0, 0.05) is 6.08 Å². The second-order valence-electron chi connectivity index (χ2n) is 6.57. The van der Waals surface area contributed by atoms with Crippen molar-refractivity contribution >= 4 is 18.1 Å². The van der Waals surface area contributed by atoms with Crippen LogP contribution in [0, 0.1) is 11.8 Å². The summed E-state index contributed by atoms with van der Waals surface area (Å²) < 4.78 is 0. The van der Waals surface area contributed by atoms with E-state index in [1.54, 1.807) is 12.2 Å². The first-order chi connectivity index (χ1) is 11.6. The maximum atomic E-state index is 10.2. The maximum Gasteiger partial charge on any atom is 0.327 e. The second kappa shape index (κ2) is 11.5. The zero-order valence-corrected chi connectivity index (χ0v) is 14.0. The second-order valence-corrected chi connectivity index (χ2v) is 6.57. The van der Waals surface area contributed by atoms with Gasteiger partial charge in [0.25, 0.3) is 0 Å². The molecule has 0 atom stereocenters. The first kappa shape index (κ1) is 20.0. The highest BCUT2D eigenvalue weighted by Crippen LogP contribution is 2.36. The summed E-state index contributed by atoms with van der Waals surface area (Å²) in [5, 5.41) is 7.60. The third-order valence-corrected chi connectivity index (χ3v) is 4.94. The molecule has 2 saturated carbocycles. The van der Waals surface area contributed by atoms with Gasteiger partial charge >= 0.3 is 5.97 Å². The number of carboxylic acid groups (broad SMARTS) is 1. The molecule has 0 aromatic heterocycles. The van der Waals surface area contributed by atoms with Crippen LogP contribution in [0.5, 0.6) is 0 Å². The van der Waals surface area contributed by atoms with Gasteiger partial charge in [-0.3, -0.25) is 0 Å². The van der Waals surface area contributed by atoms with Crippen LogP contribution in [0.1, 0.15) is 57.8 Å². The van der Waals surface area contributed by atoms with Gasteiger partial charge in [0.15, 0.2) is 0 Å². The van der Waals surface area contributed by atoms with Crippen LogP contribution in [-0.2, 0) is 14.4 Å². The molecule has 0 spiro atoms. The number of hydrogen-bond acceptors (Lipinski definition) is 5. The average molecular weight is 334 g/mol. The van der Waals surface area contributed by atoms with Gasteiger partial charge in [-0.2, -0.15) is 0 Å². The van der Waals surface area contributed by atoms with Crippen LogP contribution < -0.4 is 0 Å². The molecule has 0 bridgehead atoms. The normalized spacial score (nSPS) is 29.0. The van der Waals surface area contributed by atoms with Crippen molar-refractivity contribution in [1.82, 2.24) is 0 Å². The van der Waals surface area contributed by atoms with Crippen LogP contribution in [0.15, 0.2) is 22.6 Å². The lowest BCUT2D eigenvalue weighted by atomic mass is 9.76. The summed E-state index contributed by atoms with van der Waals surface area (Å²) in [6, 6.07) is 0.456. The molecular weight excluding hydrogens is 308 g/mol. The molecule has 2 rings (SSSR count). The Kier molecular flexibility index (Phi) is 9.59. The molecule has 0 aromatic carbocycles. The van der Waals surface area contributed by atoms with Gasteiger partial charge in [-0.25, -0.2) is 24.4 Å². The number of isocyanates is 2. The summed E-state index contributed by atoms with van der Waals surface area (Å²) in [5.74, 6) is 0.619. The van der Waals surface area contributed by atoms with E-state index >= 15 is 0 Å². The van der Waals surface area contributed by atoms with Crippen LogP contribution in [-0.4, -0.2) is 35.3 Å². The number of carbonyl (C=O) groups is 1. The van der Waals surface area contributed by atoms with Crippen LogP contribution in [0.4, 0.5) is 0 Å². The van der Waals surface area contributed by atoms with Gasteiger partial charge in [-0.05, 0) is 69.6 Å². The molecule has 0 amide bonds. The number of hydrogen-bond donors (Lipinski definition) is 1. The van der Waals surface area contributed by atoms with E-state index < -0.39 is 5.97 Å². The fraction of sp³-hybridized carbons (Fsp3) is 0.722. The number of carboxylic acids is 1. The summed E-state index contributed by atoms with van der Waals surface area (Å²) in [6.45, 7) is 2.96. The molecule has 0 unspecified atom stereocenters. The van der Waals surface area contributed by atoms with E-state index in [9.17, 15) is 14.4 Å². The van der Waals surface area contributed by atoms with Gasteiger partial charge in [0.05, 0.1) is 12.1 Å². The lowest BCUT2D eigenvalue weighted by Crippen LogP contribution is -2.23. The summed E-state index contributed by atoms with van der Waals surface area (Å²) in [5.41, 5.74) is 0. The lowest BCUT2D eigenvalue weighted by Gasteiger charge is -2.31. The van der Waals surface area contributed by atoms with Crippen LogP contribution in [0.25, 0.3) is 0 Å². The summed E-state index contributed by atoms with van der Waals surface area (Å²) >= 11 is 0. The Morgan fingerprint density at radius 3 is 1.50 bits per heavy atom. The van der Waals surface area contributed by atoms with Crippen molar-refractivity contribution in [3.8, 4) is 0 Å². The molecule has 0 heterocycles. The third kappa shape index (κ3) is 8.00. The minimum absolute atomic E-state index is 0.228. The zero-order valence-electron chi connectivity index (χ0n) is 14.0. The van der Waals surface area contributed by atoms with Crippen molar-refractivity contribution in [2.75, 3.05) is 0 Å². The molecule has 2 aliphatic carbocycles. The molecule has 0 aromatic rings. The van der Waals surface area contributed by atoms with Crippen molar-refractivity contribution in [2.24, 2.45) is 21.8 Å². The SMILES string of the molecule is C=CC(=O)O.O=C=NC1CCC(CC2CCC(N=C=O)CC2)CC1.